The number of carboxylic acids is 1. The molecule has 0 fully saturated rings. The molecule has 0 heterocycles. The molecule has 0 aliphatic heterocycles. The third kappa shape index (κ3) is 4.00. The normalized spacial score (nSPS) is 9.13. The maximum absolute atomic E-state index is 9.24. The Balaban J connectivity index is 0.000000195. The molecule has 0 saturated heterocycles. The molecular formula is C12H11ClO2. The summed E-state index contributed by atoms with van der Waals surface area (Å²) in [5.74, 6) is -1.29. The Kier molecular flexibility index (Phi) is 4.64. The first-order chi connectivity index (χ1) is 7.24. The van der Waals surface area contributed by atoms with Crippen LogP contribution in [-0.4, -0.2) is 17.0 Å². The second kappa shape index (κ2) is 6.04. The van der Waals surface area contributed by atoms with Gasteiger partial charge in [0, 0.05) is 0 Å². The zero-order valence-corrected chi connectivity index (χ0v) is 8.82. The van der Waals surface area contributed by atoms with Crippen LogP contribution in [0, 0.1) is 0 Å². The lowest BCUT2D eigenvalue weighted by atomic mass is 10.1. The third-order valence-electron chi connectivity index (χ3n) is 1.77. The van der Waals surface area contributed by atoms with Gasteiger partial charge in [-0.2, -0.15) is 0 Å². The topological polar surface area (TPSA) is 37.3 Å². The first-order valence-corrected chi connectivity index (χ1v) is 4.99. The van der Waals surface area contributed by atoms with Gasteiger partial charge in [-0.05, 0) is 10.8 Å². The van der Waals surface area contributed by atoms with E-state index < -0.39 is 5.97 Å². The highest BCUT2D eigenvalue weighted by molar-refractivity contribution is 6.26. The molecule has 2 aromatic rings. The second-order valence-corrected chi connectivity index (χ2v) is 3.14. The van der Waals surface area contributed by atoms with Crippen molar-refractivity contribution in [2.75, 3.05) is 5.88 Å². The predicted molar refractivity (Wildman–Crippen MR) is 62.3 cm³/mol. The highest BCUT2D eigenvalue weighted by Crippen LogP contribution is 2.11. The van der Waals surface area contributed by atoms with Gasteiger partial charge in [-0.15, -0.1) is 11.6 Å². The number of aliphatic carboxylic acids is 1. The summed E-state index contributed by atoms with van der Waals surface area (Å²) < 4.78 is 0. The van der Waals surface area contributed by atoms with Gasteiger partial charge >= 0.3 is 5.97 Å². The predicted octanol–water partition coefficient (Wildman–Crippen LogP) is 3.15. The van der Waals surface area contributed by atoms with E-state index in [4.69, 9.17) is 16.7 Å². The number of alkyl halides is 1. The standard InChI is InChI=1S/C10H8.C2H3ClO2/c1-2-6-10-8-4-3-7-9(10)5-1;3-1-2(4)5/h1-8H;1H2,(H,4,5). The van der Waals surface area contributed by atoms with Crippen molar-refractivity contribution in [2.45, 2.75) is 0 Å². The summed E-state index contributed by atoms with van der Waals surface area (Å²) in [6.45, 7) is 0. The van der Waals surface area contributed by atoms with Crippen molar-refractivity contribution >= 4 is 28.3 Å². The molecule has 2 aromatic carbocycles. The molecule has 0 bridgehead atoms. The lowest BCUT2D eigenvalue weighted by Gasteiger charge is -1.92. The fraction of sp³-hybridized carbons (Fsp3) is 0.0833. The zero-order valence-electron chi connectivity index (χ0n) is 8.06. The monoisotopic (exact) mass is 222 g/mol. The van der Waals surface area contributed by atoms with Gasteiger partial charge in [0.25, 0.3) is 0 Å². The number of fused-ring (bicyclic) bond motifs is 1. The molecule has 15 heavy (non-hydrogen) atoms. The first kappa shape index (κ1) is 11.5. The molecule has 3 heteroatoms. The molecule has 0 amide bonds. The van der Waals surface area contributed by atoms with Crippen molar-refractivity contribution in [3.8, 4) is 0 Å². The Bertz CT molecular complexity index is 375. The summed E-state index contributed by atoms with van der Waals surface area (Å²) in [7, 11) is 0. The molecule has 0 spiro atoms. The molecule has 0 atom stereocenters. The fourth-order valence-corrected chi connectivity index (χ4v) is 1.13. The molecule has 2 rings (SSSR count). The Hall–Kier alpha value is -1.54. The van der Waals surface area contributed by atoms with Gasteiger partial charge in [0.05, 0.1) is 0 Å². The summed E-state index contributed by atoms with van der Waals surface area (Å²) in [6, 6.07) is 16.7. The number of halogens is 1. The van der Waals surface area contributed by atoms with Crippen molar-refractivity contribution in [2.24, 2.45) is 0 Å². The molecule has 78 valence electrons. The van der Waals surface area contributed by atoms with Crippen molar-refractivity contribution in [3.05, 3.63) is 48.5 Å². The van der Waals surface area contributed by atoms with Crippen LogP contribution >= 0.6 is 11.6 Å². The van der Waals surface area contributed by atoms with Crippen molar-refractivity contribution in [1.29, 1.82) is 0 Å². The van der Waals surface area contributed by atoms with Gasteiger partial charge in [0.1, 0.15) is 5.88 Å². The van der Waals surface area contributed by atoms with Crippen LogP contribution in [0.3, 0.4) is 0 Å². The van der Waals surface area contributed by atoms with E-state index in [0.29, 0.717) is 0 Å². The van der Waals surface area contributed by atoms with Crippen LogP contribution in [0.1, 0.15) is 0 Å². The molecule has 2 nitrogen and oxygen atoms in total. The third-order valence-corrected chi connectivity index (χ3v) is 2.00. The van der Waals surface area contributed by atoms with Crippen LogP contribution in [0.15, 0.2) is 48.5 Å². The average molecular weight is 223 g/mol. The van der Waals surface area contributed by atoms with Crippen molar-refractivity contribution in [1.82, 2.24) is 0 Å². The van der Waals surface area contributed by atoms with Crippen LogP contribution in [0.25, 0.3) is 10.8 Å². The van der Waals surface area contributed by atoms with Gasteiger partial charge in [0.2, 0.25) is 0 Å². The molecular weight excluding hydrogens is 212 g/mol. The number of carboxylic acid groups (broad SMARTS) is 1. The average Bonchev–Trinajstić information content (AvgIpc) is 2.30. The van der Waals surface area contributed by atoms with Crippen molar-refractivity contribution in [3.63, 3.8) is 0 Å². The van der Waals surface area contributed by atoms with Crippen LogP contribution in [-0.2, 0) is 4.79 Å². The second-order valence-electron chi connectivity index (χ2n) is 2.87. The van der Waals surface area contributed by atoms with Gasteiger partial charge in [-0.25, -0.2) is 0 Å². The van der Waals surface area contributed by atoms with Crippen LogP contribution in [0.4, 0.5) is 0 Å². The zero-order chi connectivity index (χ0) is 11.1. The number of benzene rings is 2. The summed E-state index contributed by atoms with van der Waals surface area (Å²) >= 11 is 4.74. The summed E-state index contributed by atoms with van der Waals surface area (Å²) in [5.41, 5.74) is 0. The van der Waals surface area contributed by atoms with E-state index in [1.807, 2.05) is 0 Å². The minimum Gasteiger partial charge on any atom is -0.480 e. The van der Waals surface area contributed by atoms with Crippen molar-refractivity contribution < 1.29 is 9.90 Å². The van der Waals surface area contributed by atoms with E-state index in [1.165, 1.54) is 10.8 Å². The number of hydrogen-bond acceptors (Lipinski definition) is 1. The van der Waals surface area contributed by atoms with Crippen LogP contribution in [0.5, 0.6) is 0 Å². The van der Waals surface area contributed by atoms with E-state index in [2.05, 4.69) is 48.5 Å². The van der Waals surface area contributed by atoms with E-state index in [1.54, 1.807) is 0 Å². The minimum absolute atomic E-state index is 0.306. The Labute approximate surface area is 93.1 Å². The molecule has 0 unspecified atom stereocenters. The number of hydrogen-bond donors (Lipinski definition) is 1. The Morgan fingerprint density at radius 2 is 1.27 bits per heavy atom. The van der Waals surface area contributed by atoms with Crippen LogP contribution < -0.4 is 0 Å². The van der Waals surface area contributed by atoms with E-state index in [-0.39, 0.29) is 5.88 Å². The maximum atomic E-state index is 9.24. The van der Waals surface area contributed by atoms with Gasteiger partial charge < -0.3 is 5.11 Å². The summed E-state index contributed by atoms with van der Waals surface area (Å²) in [6.07, 6.45) is 0. The molecule has 0 aromatic heterocycles. The Morgan fingerprint density at radius 3 is 1.47 bits per heavy atom. The summed E-state index contributed by atoms with van der Waals surface area (Å²) in [4.78, 5) is 9.24. The van der Waals surface area contributed by atoms with Gasteiger partial charge in [0.15, 0.2) is 0 Å². The number of carbonyl (C=O) groups is 1. The molecule has 0 saturated carbocycles. The largest absolute Gasteiger partial charge is 0.480 e. The maximum Gasteiger partial charge on any atom is 0.318 e. The quantitative estimate of drug-likeness (QED) is 0.753. The molecule has 1 N–H and O–H groups in total. The SMILES string of the molecule is O=C(O)CCl.c1ccc2ccccc2c1. The van der Waals surface area contributed by atoms with E-state index >= 15 is 0 Å². The molecule has 0 aliphatic rings. The molecule has 0 radical (unpaired) electrons. The van der Waals surface area contributed by atoms with E-state index in [0.717, 1.165) is 0 Å². The molecule has 0 aliphatic carbocycles. The van der Waals surface area contributed by atoms with Crippen LogP contribution in [0.2, 0.25) is 0 Å². The summed E-state index contributed by atoms with van der Waals surface area (Å²) in [5, 5.41) is 10.2. The Morgan fingerprint density at radius 1 is 1.00 bits per heavy atom. The minimum atomic E-state index is -0.980. The highest BCUT2D eigenvalue weighted by atomic mass is 35.5. The lowest BCUT2D eigenvalue weighted by molar-refractivity contribution is -0.134. The fourth-order valence-electron chi connectivity index (χ4n) is 1.13. The van der Waals surface area contributed by atoms with E-state index in [9.17, 15) is 4.79 Å². The first-order valence-electron chi connectivity index (χ1n) is 4.45. The smallest absolute Gasteiger partial charge is 0.318 e. The highest BCUT2D eigenvalue weighted by Gasteiger charge is 1.85. The van der Waals surface area contributed by atoms with Gasteiger partial charge in [-0.1, -0.05) is 48.5 Å². The number of rotatable bonds is 1. The van der Waals surface area contributed by atoms with Gasteiger partial charge in [-0.3, -0.25) is 4.79 Å². The lowest BCUT2D eigenvalue weighted by Crippen LogP contribution is -1.92.